The number of nitrogens with zero attached hydrogens (tertiary/aromatic N) is 3. The van der Waals surface area contributed by atoms with E-state index in [1.165, 1.54) is 0 Å². The van der Waals surface area contributed by atoms with Crippen molar-refractivity contribution in [3.63, 3.8) is 0 Å². The summed E-state index contributed by atoms with van der Waals surface area (Å²) >= 11 is 5.98. The summed E-state index contributed by atoms with van der Waals surface area (Å²) in [5.74, 6) is 0.584. The number of hydrogen-bond donors (Lipinski definition) is 1. The summed E-state index contributed by atoms with van der Waals surface area (Å²) in [5, 5.41) is 18.8. The number of methoxy groups -OCH3 is 1. The number of aliphatic hydroxyl groups is 1. The van der Waals surface area contributed by atoms with Crippen molar-refractivity contribution in [3.8, 4) is 5.75 Å². The lowest BCUT2D eigenvalue weighted by atomic mass is 10.1. The Morgan fingerprint density at radius 2 is 2.26 bits per heavy atom. The molecular formula is C13H16ClN3O2. The summed E-state index contributed by atoms with van der Waals surface area (Å²) < 4.78 is 6.94. The molecule has 1 N–H and O–H groups in total. The first-order chi connectivity index (χ1) is 9.17. The fraction of sp³-hybridized carbons (Fsp3) is 0.385. The van der Waals surface area contributed by atoms with Gasteiger partial charge in [0, 0.05) is 17.1 Å². The van der Waals surface area contributed by atoms with E-state index in [2.05, 4.69) is 10.3 Å². The van der Waals surface area contributed by atoms with Gasteiger partial charge in [0.05, 0.1) is 19.0 Å². The third-order valence-electron chi connectivity index (χ3n) is 2.85. The topological polar surface area (TPSA) is 60.2 Å². The highest BCUT2D eigenvalue weighted by molar-refractivity contribution is 6.30. The first kappa shape index (κ1) is 13.8. The van der Waals surface area contributed by atoms with Crippen molar-refractivity contribution in [3.05, 3.63) is 40.7 Å². The van der Waals surface area contributed by atoms with Gasteiger partial charge < -0.3 is 9.84 Å². The maximum Gasteiger partial charge on any atom is 0.126 e. The largest absolute Gasteiger partial charge is 0.496 e. The Balaban J connectivity index is 2.40. The third-order valence-corrected chi connectivity index (χ3v) is 3.08. The van der Waals surface area contributed by atoms with E-state index in [-0.39, 0.29) is 0 Å². The molecule has 1 unspecified atom stereocenters. The minimum atomic E-state index is -0.866. The minimum absolute atomic E-state index is 0.546. The lowest BCUT2D eigenvalue weighted by Gasteiger charge is -2.15. The van der Waals surface area contributed by atoms with E-state index in [0.717, 1.165) is 6.42 Å². The van der Waals surface area contributed by atoms with Crippen molar-refractivity contribution in [2.45, 2.75) is 26.0 Å². The van der Waals surface area contributed by atoms with Crippen molar-refractivity contribution in [2.24, 2.45) is 0 Å². The molecule has 0 aliphatic rings. The summed E-state index contributed by atoms with van der Waals surface area (Å²) in [6.07, 6.45) is 1.60. The summed E-state index contributed by atoms with van der Waals surface area (Å²) in [6, 6.07) is 5.14. The molecule has 2 aromatic rings. The van der Waals surface area contributed by atoms with Gasteiger partial charge in [-0.25, -0.2) is 4.68 Å². The van der Waals surface area contributed by atoms with Gasteiger partial charge in [-0.1, -0.05) is 23.7 Å². The fourth-order valence-electron chi connectivity index (χ4n) is 1.94. The van der Waals surface area contributed by atoms with Crippen LogP contribution in [0, 0.1) is 0 Å². The number of rotatable bonds is 5. The number of ether oxygens (including phenoxy) is 1. The summed E-state index contributed by atoms with van der Waals surface area (Å²) in [5.41, 5.74) is 1.23. The van der Waals surface area contributed by atoms with Crippen LogP contribution in [0.15, 0.2) is 24.4 Å². The Bertz CT molecular complexity index is 557. The molecule has 5 nitrogen and oxygen atoms in total. The molecule has 1 atom stereocenters. The van der Waals surface area contributed by atoms with E-state index >= 15 is 0 Å². The van der Waals surface area contributed by atoms with Crippen LogP contribution in [0.25, 0.3) is 0 Å². The average Bonchev–Trinajstić information content (AvgIpc) is 2.86. The van der Waals surface area contributed by atoms with Crippen LogP contribution in [0.1, 0.15) is 30.7 Å². The highest BCUT2D eigenvalue weighted by atomic mass is 35.5. The molecule has 0 saturated heterocycles. The van der Waals surface area contributed by atoms with Crippen molar-refractivity contribution in [2.75, 3.05) is 7.11 Å². The summed E-state index contributed by atoms with van der Waals surface area (Å²) in [7, 11) is 1.56. The van der Waals surface area contributed by atoms with E-state index in [0.29, 0.717) is 28.6 Å². The van der Waals surface area contributed by atoms with E-state index in [1.807, 2.05) is 6.92 Å². The molecule has 1 aromatic heterocycles. The van der Waals surface area contributed by atoms with Gasteiger partial charge >= 0.3 is 0 Å². The SMILES string of the molecule is CCCn1nncc1C(O)c1cc(Cl)ccc1OC. The van der Waals surface area contributed by atoms with Crippen LogP contribution in [0.5, 0.6) is 5.75 Å². The fourth-order valence-corrected chi connectivity index (χ4v) is 2.12. The molecule has 0 aliphatic heterocycles. The van der Waals surface area contributed by atoms with Gasteiger partial charge in [0.1, 0.15) is 11.9 Å². The second kappa shape index (κ2) is 6.04. The lowest BCUT2D eigenvalue weighted by Crippen LogP contribution is -2.11. The number of hydrogen-bond acceptors (Lipinski definition) is 4. The van der Waals surface area contributed by atoms with Gasteiger partial charge in [0.2, 0.25) is 0 Å². The van der Waals surface area contributed by atoms with Gasteiger partial charge in [-0.05, 0) is 24.6 Å². The molecule has 0 aliphatic carbocycles. The lowest BCUT2D eigenvalue weighted by molar-refractivity contribution is 0.202. The van der Waals surface area contributed by atoms with Crippen LogP contribution in [0.2, 0.25) is 5.02 Å². The second-order valence-electron chi connectivity index (χ2n) is 4.17. The molecular weight excluding hydrogens is 266 g/mol. The van der Waals surface area contributed by atoms with E-state index < -0.39 is 6.10 Å². The maximum absolute atomic E-state index is 10.5. The monoisotopic (exact) mass is 281 g/mol. The predicted molar refractivity (Wildman–Crippen MR) is 72.4 cm³/mol. The van der Waals surface area contributed by atoms with Crippen molar-refractivity contribution in [1.82, 2.24) is 15.0 Å². The molecule has 0 radical (unpaired) electrons. The number of aryl methyl sites for hydroxylation is 1. The highest BCUT2D eigenvalue weighted by Crippen LogP contribution is 2.31. The molecule has 1 heterocycles. The first-order valence-corrected chi connectivity index (χ1v) is 6.45. The molecule has 2 rings (SSSR count). The summed E-state index contributed by atoms with van der Waals surface area (Å²) in [6.45, 7) is 2.74. The first-order valence-electron chi connectivity index (χ1n) is 6.07. The predicted octanol–water partition coefficient (Wildman–Crippen LogP) is 2.43. The van der Waals surface area contributed by atoms with Gasteiger partial charge in [-0.15, -0.1) is 5.10 Å². The second-order valence-corrected chi connectivity index (χ2v) is 4.61. The minimum Gasteiger partial charge on any atom is -0.496 e. The molecule has 0 saturated carbocycles. The highest BCUT2D eigenvalue weighted by Gasteiger charge is 2.20. The van der Waals surface area contributed by atoms with Crippen molar-refractivity contribution < 1.29 is 9.84 Å². The molecule has 0 fully saturated rings. The Kier molecular flexibility index (Phi) is 4.39. The molecule has 0 bridgehead atoms. The van der Waals surface area contributed by atoms with Gasteiger partial charge in [0.15, 0.2) is 0 Å². The van der Waals surface area contributed by atoms with E-state index in [4.69, 9.17) is 16.3 Å². The van der Waals surface area contributed by atoms with E-state index in [9.17, 15) is 5.11 Å². The van der Waals surface area contributed by atoms with Crippen LogP contribution in [0.4, 0.5) is 0 Å². The standard InChI is InChI=1S/C13H16ClN3O2/c1-3-6-17-11(8-15-16-17)13(18)10-7-9(14)4-5-12(10)19-2/h4-5,7-8,13,18H,3,6H2,1-2H3. The molecule has 1 aromatic carbocycles. The zero-order chi connectivity index (χ0) is 13.8. The van der Waals surface area contributed by atoms with Crippen LogP contribution in [-0.4, -0.2) is 27.2 Å². The third kappa shape index (κ3) is 2.88. The summed E-state index contributed by atoms with van der Waals surface area (Å²) in [4.78, 5) is 0. The van der Waals surface area contributed by atoms with Crippen LogP contribution >= 0.6 is 11.6 Å². The van der Waals surface area contributed by atoms with E-state index in [1.54, 1.807) is 36.2 Å². The van der Waals surface area contributed by atoms with Gasteiger partial charge in [-0.3, -0.25) is 0 Å². The smallest absolute Gasteiger partial charge is 0.126 e. The Morgan fingerprint density at radius 3 is 2.95 bits per heavy atom. The van der Waals surface area contributed by atoms with Crippen LogP contribution in [-0.2, 0) is 6.54 Å². The number of aromatic nitrogens is 3. The molecule has 102 valence electrons. The number of halogens is 1. The Hall–Kier alpha value is -1.59. The average molecular weight is 282 g/mol. The normalized spacial score (nSPS) is 12.4. The maximum atomic E-state index is 10.5. The Morgan fingerprint density at radius 1 is 1.47 bits per heavy atom. The van der Waals surface area contributed by atoms with Crippen LogP contribution in [0.3, 0.4) is 0 Å². The Labute approximate surface area is 116 Å². The van der Waals surface area contributed by atoms with Gasteiger partial charge in [0.25, 0.3) is 0 Å². The zero-order valence-corrected chi connectivity index (χ0v) is 11.6. The van der Waals surface area contributed by atoms with Crippen molar-refractivity contribution in [1.29, 1.82) is 0 Å². The number of aliphatic hydroxyl groups excluding tert-OH is 1. The number of benzene rings is 1. The molecule has 0 amide bonds. The molecule has 6 heteroatoms. The molecule has 19 heavy (non-hydrogen) atoms. The quantitative estimate of drug-likeness (QED) is 0.914. The molecule has 0 spiro atoms. The van der Waals surface area contributed by atoms with Crippen molar-refractivity contribution >= 4 is 11.6 Å². The van der Waals surface area contributed by atoms with Crippen LogP contribution < -0.4 is 4.74 Å². The zero-order valence-electron chi connectivity index (χ0n) is 10.9. The van der Waals surface area contributed by atoms with Gasteiger partial charge in [-0.2, -0.15) is 0 Å².